The highest BCUT2D eigenvalue weighted by Gasteiger charge is 2.64. The number of carbonyl (C=O) groups is 3. The van der Waals surface area contributed by atoms with Crippen LogP contribution in [-0.4, -0.2) is 88.5 Å². The maximum Gasteiger partial charge on any atom is 0.490 e. The summed E-state index contributed by atoms with van der Waals surface area (Å²) >= 11 is 0. The number of benzene rings is 1. The molecule has 0 aliphatic carbocycles. The Hall–Kier alpha value is -3.47. The predicted molar refractivity (Wildman–Crippen MR) is 141 cm³/mol. The van der Waals surface area contributed by atoms with Crippen LogP contribution in [0.15, 0.2) is 42.7 Å². The molecular weight excluding hydrogens is 525 g/mol. The smallest absolute Gasteiger partial charge is 0.475 e. The van der Waals surface area contributed by atoms with Crippen LogP contribution >= 0.6 is 0 Å². The first-order chi connectivity index (χ1) is 18.8. The Labute approximate surface area is 231 Å². The highest BCUT2D eigenvalue weighted by Crippen LogP contribution is 2.57. The lowest BCUT2D eigenvalue weighted by atomic mass is 9.60. The standard InChI is InChI=1S/C27H34N4O2.C2HF3O2/c1-20-13-21(2)15-23(14-20)24(32)31-11-6-26(7-12-31)18-30(17-22-5-4-9-28-16-22)19-27(26)8-10-29(3)25(27)33;3-2(4,5)1(6)7/h4-5,9,13-16H,6-8,10-12,17-19H2,1-3H3;(H,6,7). The van der Waals surface area contributed by atoms with Crippen LogP contribution in [0, 0.1) is 24.7 Å². The first-order valence-corrected chi connectivity index (χ1v) is 13.3. The fourth-order valence-electron chi connectivity index (χ4n) is 6.67. The fourth-order valence-corrected chi connectivity index (χ4v) is 6.67. The van der Waals surface area contributed by atoms with E-state index in [0.29, 0.717) is 19.0 Å². The number of piperidine rings is 1. The van der Waals surface area contributed by atoms with E-state index in [9.17, 15) is 22.8 Å². The molecule has 216 valence electrons. The van der Waals surface area contributed by atoms with Gasteiger partial charge in [-0.25, -0.2) is 4.79 Å². The van der Waals surface area contributed by atoms with Crippen LogP contribution in [0.2, 0.25) is 0 Å². The second kappa shape index (κ2) is 11.2. The second-order valence-corrected chi connectivity index (χ2v) is 11.3. The number of carbonyl (C=O) groups excluding carboxylic acids is 2. The molecule has 0 saturated carbocycles. The minimum absolute atomic E-state index is 0.0731. The number of amides is 2. The number of pyridine rings is 1. The molecule has 4 heterocycles. The van der Waals surface area contributed by atoms with E-state index in [1.807, 2.05) is 55.1 Å². The van der Waals surface area contributed by atoms with E-state index in [4.69, 9.17) is 9.90 Å². The van der Waals surface area contributed by atoms with Crippen LogP contribution in [0.3, 0.4) is 0 Å². The van der Waals surface area contributed by atoms with Gasteiger partial charge in [-0.3, -0.25) is 19.5 Å². The summed E-state index contributed by atoms with van der Waals surface area (Å²) in [5.74, 6) is -2.34. The minimum atomic E-state index is -5.08. The summed E-state index contributed by atoms with van der Waals surface area (Å²) in [6, 6.07) is 10.2. The van der Waals surface area contributed by atoms with Crippen LogP contribution in [0.5, 0.6) is 0 Å². The lowest BCUT2D eigenvalue weighted by molar-refractivity contribution is -0.192. The number of carboxylic acids is 1. The molecule has 2 aromatic rings. The van der Waals surface area contributed by atoms with Gasteiger partial charge in [0.05, 0.1) is 5.41 Å². The van der Waals surface area contributed by atoms with Gasteiger partial charge in [0.1, 0.15) is 0 Å². The summed E-state index contributed by atoms with van der Waals surface area (Å²) in [7, 11) is 1.94. The average molecular weight is 561 g/mol. The lowest BCUT2D eigenvalue weighted by Crippen LogP contribution is -2.53. The number of rotatable bonds is 3. The van der Waals surface area contributed by atoms with Crippen molar-refractivity contribution in [2.45, 2.75) is 45.8 Å². The maximum atomic E-state index is 13.5. The number of alkyl halides is 3. The Kier molecular flexibility index (Phi) is 8.26. The molecule has 1 atom stereocenters. The molecule has 3 fully saturated rings. The highest BCUT2D eigenvalue weighted by atomic mass is 19.4. The number of aryl methyl sites for hydroxylation is 2. The van der Waals surface area contributed by atoms with Crippen LogP contribution in [0.1, 0.15) is 46.3 Å². The van der Waals surface area contributed by atoms with Crippen molar-refractivity contribution in [3.63, 3.8) is 0 Å². The summed E-state index contributed by atoms with van der Waals surface area (Å²) < 4.78 is 31.7. The van der Waals surface area contributed by atoms with Crippen LogP contribution in [-0.2, 0) is 16.1 Å². The van der Waals surface area contributed by atoms with E-state index in [1.165, 1.54) is 5.56 Å². The van der Waals surface area contributed by atoms with Gasteiger partial charge in [0.25, 0.3) is 5.91 Å². The molecule has 8 nitrogen and oxygen atoms in total. The van der Waals surface area contributed by atoms with Crippen molar-refractivity contribution in [2.75, 3.05) is 39.8 Å². The van der Waals surface area contributed by atoms with Gasteiger partial charge in [-0.15, -0.1) is 0 Å². The Morgan fingerprint density at radius 3 is 2.15 bits per heavy atom. The molecule has 0 radical (unpaired) electrons. The fraction of sp³-hybridized carbons (Fsp3) is 0.517. The van der Waals surface area contributed by atoms with Gasteiger partial charge in [0.15, 0.2) is 0 Å². The molecule has 40 heavy (non-hydrogen) atoms. The third-order valence-electron chi connectivity index (χ3n) is 8.51. The number of aromatic nitrogens is 1. The average Bonchev–Trinajstić information content (AvgIpc) is 3.35. The van der Waals surface area contributed by atoms with E-state index in [2.05, 4.69) is 22.0 Å². The maximum absolute atomic E-state index is 13.5. The molecule has 1 aromatic carbocycles. The molecular formula is C29H35F3N4O4. The van der Waals surface area contributed by atoms with Crippen molar-refractivity contribution in [1.29, 1.82) is 0 Å². The van der Waals surface area contributed by atoms with Gasteiger partial charge in [-0.2, -0.15) is 13.2 Å². The topological polar surface area (TPSA) is 94.1 Å². The molecule has 2 amide bonds. The quantitative estimate of drug-likeness (QED) is 0.612. The lowest BCUT2D eigenvalue weighted by Gasteiger charge is -2.47. The molecule has 5 rings (SSSR count). The number of aliphatic carboxylic acids is 1. The number of hydrogen-bond donors (Lipinski definition) is 1. The van der Waals surface area contributed by atoms with Gasteiger partial charge in [-0.1, -0.05) is 23.3 Å². The predicted octanol–water partition coefficient (Wildman–Crippen LogP) is 3.92. The van der Waals surface area contributed by atoms with Crippen molar-refractivity contribution < 1.29 is 32.7 Å². The molecule has 3 aliphatic rings. The molecule has 1 N–H and O–H groups in total. The number of halogens is 3. The number of carboxylic acid groups (broad SMARTS) is 1. The van der Waals surface area contributed by atoms with Gasteiger partial charge < -0.3 is 14.9 Å². The Bertz CT molecular complexity index is 1240. The summed E-state index contributed by atoms with van der Waals surface area (Å²) in [6.07, 6.45) is 1.32. The summed E-state index contributed by atoms with van der Waals surface area (Å²) in [5, 5.41) is 7.12. The summed E-state index contributed by atoms with van der Waals surface area (Å²) in [5.41, 5.74) is 3.79. The molecule has 3 saturated heterocycles. The van der Waals surface area contributed by atoms with Gasteiger partial charge in [0, 0.05) is 69.7 Å². The normalized spacial score (nSPS) is 22.5. The van der Waals surface area contributed by atoms with Crippen molar-refractivity contribution >= 4 is 17.8 Å². The molecule has 1 aromatic heterocycles. The molecule has 2 spiro atoms. The molecule has 3 aliphatic heterocycles. The van der Waals surface area contributed by atoms with E-state index >= 15 is 0 Å². The zero-order valence-corrected chi connectivity index (χ0v) is 23.0. The van der Waals surface area contributed by atoms with E-state index in [-0.39, 0.29) is 16.7 Å². The number of likely N-dealkylation sites (tertiary alicyclic amines) is 3. The van der Waals surface area contributed by atoms with Crippen molar-refractivity contribution in [2.24, 2.45) is 10.8 Å². The van der Waals surface area contributed by atoms with E-state index in [1.54, 1.807) is 6.20 Å². The number of hydrogen-bond acceptors (Lipinski definition) is 5. The largest absolute Gasteiger partial charge is 0.490 e. The van der Waals surface area contributed by atoms with Crippen LogP contribution in [0.4, 0.5) is 13.2 Å². The number of fused-ring (bicyclic) bond motifs is 1. The SMILES string of the molecule is Cc1cc(C)cc(C(=O)N2CCC3(CC2)CN(Cc2cccnc2)CC32CCN(C)C2=O)c1.O=C(O)C(F)(F)F. The number of nitrogens with zero attached hydrogens (tertiary/aromatic N) is 4. The first-order valence-electron chi connectivity index (χ1n) is 13.3. The summed E-state index contributed by atoms with van der Waals surface area (Å²) in [6.45, 7) is 8.86. The highest BCUT2D eigenvalue weighted by molar-refractivity contribution is 5.94. The van der Waals surface area contributed by atoms with Crippen LogP contribution in [0.25, 0.3) is 0 Å². The third-order valence-corrected chi connectivity index (χ3v) is 8.51. The van der Waals surface area contributed by atoms with Crippen LogP contribution < -0.4 is 0 Å². The Morgan fingerprint density at radius 1 is 1.02 bits per heavy atom. The minimum Gasteiger partial charge on any atom is -0.475 e. The van der Waals surface area contributed by atoms with Crippen molar-refractivity contribution in [3.05, 3.63) is 65.0 Å². The van der Waals surface area contributed by atoms with Gasteiger partial charge in [-0.05, 0) is 56.9 Å². The summed E-state index contributed by atoms with van der Waals surface area (Å²) in [4.78, 5) is 46.3. The van der Waals surface area contributed by atoms with E-state index < -0.39 is 12.1 Å². The Balaban J connectivity index is 0.000000470. The van der Waals surface area contributed by atoms with Crippen molar-refractivity contribution in [3.8, 4) is 0 Å². The monoisotopic (exact) mass is 560 g/mol. The second-order valence-electron chi connectivity index (χ2n) is 11.3. The van der Waals surface area contributed by atoms with Gasteiger partial charge >= 0.3 is 12.1 Å². The molecule has 1 unspecified atom stereocenters. The zero-order chi connectivity index (χ0) is 29.3. The molecule has 11 heteroatoms. The van der Waals surface area contributed by atoms with Gasteiger partial charge in [0.2, 0.25) is 5.91 Å². The molecule has 0 bridgehead atoms. The first kappa shape index (κ1) is 29.5. The van der Waals surface area contributed by atoms with Crippen molar-refractivity contribution in [1.82, 2.24) is 19.7 Å². The Morgan fingerprint density at radius 2 is 1.65 bits per heavy atom. The third kappa shape index (κ3) is 5.84. The zero-order valence-electron chi connectivity index (χ0n) is 23.0. The van der Waals surface area contributed by atoms with E-state index in [0.717, 1.165) is 62.1 Å².